The van der Waals surface area contributed by atoms with Crippen molar-refractivity contribution in [2.75, 3.05) is 13.6 Å². The Morgan fingerprint density at radius 2 is 1.90 bits per heavy atom. The Balaban J connectivity index is 1.64. The number of amides is 1. The van der Waals surface area contributed by atoms with Gasteiger partial charge in [0.15, 0.2) is 0 Å². The SMILES string of the molecule is CN(Cc1nc2ccccc2[nH]1)C(=O)CNS(=O)(=O)c1cccc(C(F)(F)F)c1. The minimum atomic E-state index is -4.67. The van der Waals surface area contributed by atoms with Crippen LogP contribution in [0.5, 0.6) is 0 Å². The third-order valence-electron chi connectivity index (χ3n) is 4.14. The lowest BCUT2D eigenvalue weighted by atomic mass is 10.2. The highest BCUT2D eigenvalue weighted by Gasteiger charge is 2.31. The van der Waals surface area contributed by atoms with E-state index in [1.165, 1.54) is 11.9 Å². The zero-order chi connectivity index (χ0) is 21.2. The molecular formula is C18H17F3N4O3S. The van der Waals surface area contributed by atoms with Crippen molar-refractivity contribution < 1.29 is 26.4 Å². The van der Waals surface area contributed by atoms with Crippen LogP contribution in [-0.2, 0) is 27.5 Å². The van der Waals surface area contributed by atoms with Crippen molar-refractivity contribution >= 4 is 27.0 Å². The van der Waals surface area contributed by atoms with E-state index in [4.69, 9.17) is 0 Å². The quantitative estimate of drug-likeness (QED) is 0.633. The van der Waals surface area contributed by atoms with Gasteiger partial charge in [0.05, 0.1) is 34.6 Å². The van der Waals surface area contributed by atoms with Gasteiger partial charge in [0.1, 0.15) is 5.82 Å². The van der Waals surface area contributed by atoms with Crippen molar-refractivity contribution in [1.29, 1.82) is 0 Å². The van der Waals surface area contributed by atoms with E-state index in [0.29, 0.717) is 11.9 Å². The normalized spacial score (nSPS) is 12.3. The molecule has 0 spiro atoms. The summed E-state index contributed by atoms with van der Waals surface area (Å²) in [6.07, 6.45) is -4.67. The Morgan fingerprint density at radius 3 is 2.59 bits per heavy atom. The molecule has 0 bridgehead atoms. The Morgan fingerprint density at radius 1 is 1.17 bits per heavy atom. The third kappa shape index (κ3) is 4.93. The predicted molar refractivity (Wildman–Crippen MR) is 99.2 cm³/mol. The van der Waals surface area contributed by atoms with Crippen LogP contribution in [0, 0.1) is 0 Å². The molecular weight excluding hydrogens is 409 g/mol. The Hall–Kier alpha value is -2.92. The average molecular weight is 426 g/mol. The lowest BCUT2D eigenvalue weighted by Gasteiger charge is -2.16. The van der Waals surface area contributed by atoms with Gasteiger partial charge in [-0.3, -0.25) is 4.79 Å². The molecule has 0 aliphatic heterocycles. The van der Waals surface area contributed by atoms with E-state index in [1.54, 1.807) is 6.07 Å². The minimum absolute atomic E-state index is 0.110. The number of aromatic amines is 1. The standard InChI is InChI=1S/C18H17F3N4O3S/c1-25(11-16-23-14-7-2-3-8-15(14)24-16)17(26)10-22-29(27,28)13-6-4-5-12(9-13)18(19,20)21/h2-9,22H,10-11H2,1H3,(H,23,24). The maximum Gasteiger partial charge on any atom is 0.416 e. The number of sulfonamides is 1. The van der Waals surface area contributed by atoms with Crippen molar-refractivity contribution in [2.45, 2.75) is 17.6 Å². The number of benzene rings is 2. The molecule has 29 heavy (non-hydrogen) atoms. The number of aromatic nitrogens is 2. The summed E-state index contributed by atoms with van der Waals surface area (Å²) in [5.74, 6) is -0.0520. The summed E-state index contributed by atoms with van der Waals surface area (Å²) in [6.45, 7) is -0.492. The zero-order valence-electron chi connectivity index (χ0n) is 15.2. The van der Waals surface area contributed by atoms with Gasteiger partial charge in [-0.2, -0.15) is 13.2 Å². The van der Waals surface area contributed by atoms with Crippen LogP contribution in [-0.4, -0.2) is 42.8 Å². The molecule has 0 aliphatic rings. The van der Waals surface area contributed by atoms with Crippen molar-refractivity contribution in [1.82, 2.24) is 19.6 Å². The van der Waals surface area contributed by atoms with Crippen LogP contribution in [0.2, 0.25) is 0 Å². The van der Waals surface area contributed by atoms with Crippen molar-refractivity contribution in [3.05, 3.63) is 59.9 Å². The maximum atomic E-state index is 12.8. The molecule has 0 aliphatic carbocycles. The minimum Gasteiger partial charge on any atom is -0.340 e. The van der Waals surface area contributed by atoms with Gasteiger partial charge < -0.3 is 9.88 Å². The second-order valence-electron chi connectivity index (χ2n) is 6.30. The largest absolute Gasteiger partial charge is 0.416 e. The fourth-order valence-corrected chi connectivity index (χ4v) is 3.63. The van der Waals surface area contributed by atoms with Crippen molar-refractivity contribution in [3.63, 3.8) is 0 Å². The number of carbonyl (C=O) groups is 1. The summed E-state index contributed by atoms with van der Waals surface area (Å²) >= 11 is 0. The lowest BCUT2D eigenvalue weighted by Crippen LogP contribution is -2.38. The fraction of sp³-hybridized carbons (Fsp3) is 0.222. The number of para-hydroxylation sites is 2. The molecule has 1 aromatic heterocycles. The summed E-state index contributed by atoms with van der Waals surface area (Å²) in [7, 11) is -2.82. The first kappa shape index (κ1) is 20.8. The van der Waals surface area contributed by atoms with Gasteiger partial charge in [0.2, 0.25) is 15.9 Å². The molecule has 3 rings (SSSR count). The highest BCUT2D eigenvalue weighted by atomic mass is 32.2. The van der Waals surface area contributed by atoms with E-state index < -0.39 is 39.1 Å². The van der Waals surface area contributed by atoms with Gasteiger partial charge in [-0.1, -0.05) is 18.2 Å². The highest BCUT2D eigenvalue weighted by molar-refractivity contribution is 7.89. The van der Waals surface area contributed by atoms with Gasteiger partial charge in [-0.05, 0) is 30.3 Å². The van der Waals surface area contributed by atoms with Gasteiger partial charge >= 0.3 is 6.18 Å². The zero-order valence-corrected chi connectivity index (χ0v) is 16.0. The van der Waals surface area contributed by atoms with Crippen molar-refractivity contribution in [3.8, 4) is 0 Å². The first-order chi connectivity index (χ1) is 13.6. The van der Waals surface area contributed by atoms with Crippen LogP contribution in [0.25, 0.3) is 11.0 Å². The van der Waals surface area contributed by atoms with Gasteiger partial charge in [0.25, 0.3) is 0 Å². The fourth-order valence-electron chi connectivity index (χ4n) is 2.61. The molecule has 0 fully saturated rings. The first-order valence-corrected chi connectivity index (χ1v) is 9.89. The molecule has 11 heteroatoms. The van der Waals surface area contributed by atoms with E-state index in [9.17, 15) is 26.4 Å². The molecule has 0 unspecified atom stereocenters. The number of nitrogens with one attached hydrogen (secondary N) is 2. The van der Waals surface area contributed by atoms with Gasteiger partial charge in [-0.25, -0.2) is 18.1 Å². The monoisotopic (exact) mass is 426 g/mol. The number of rotatable bonds is 6. The molecule has 0 radical (unpaired) electrons. The molecule has 2 aromatic carbocycles. The van der Waals surface area contributed by atoms with Crippen LogP contribution in [0.15, 0.2) is 53.4 Å². The molecule has 2 N–H and O–H groups in total. The number of likely N-dealkylation sites (N-methyl/N-ethyl adjacent to an activating group) is 1. The Kier molecular flexibility index (Phi) is 5.62. The molecule has 3 aromatic rings. The number of hydrogen-bond acceptors (Lipinski definition) is 4. The summed E-state index contributed by atoms with van der Waals surface area (Å²) in [5, 5.41) is 0. The smallest absolute Gasteiger partial charge is 0.340 e. The molecule has 0 saturated heterocycles. The van der Waals surface area contributed by atoms with E-state index in [1.807, 2.05) is 22.9 Å². The maximum absolute atomic E-state index is 12.8. The number of imidazole rings is 1. The molecule has 1 heterocycles. The molecule has 0 atom stereocenters. The topological polar surface area (TPSA) is 95.2 Å². The van der Waals surface area contributed by atoms with E-state index in [0.717, 1.165) is 29.2 Å². The molecule has 154 valence electrons. The van der Waals surface area contributed by atoms with E-state index in [2.05, 4.69) is 9.97 Å². The second-order valence-corrected chi connectivity index (χ2v) is 8.07. The number of nitrogens with zero attached hydrogens (tertiary/aromatic N) is 2. The van der Waals surface area contributed by atoms with Gasteiger partial charge in [0, 0.05) is 7.05 Å². The number of halogens is 3. The number of alkyl halides is 3. The van der Waals surface area contributed by atoms with Crippen LogP contribution >= 0.6 is 0 Å². The highest BCUT2D eigenvalue weighted by Crippen LogP contribution is 2.30. The van der Waals surface area contributed by atoms with E-state index >= 15 is 0 Å². The molecule has 0 saturated carbocycles. The molecule has 1 amide bonds. The first-order valence-electron chi connectivity index (χ1n) is 8.41. The van der Waals surface area contributed by atoms with Crippen molar-refractivity contribution in [2.24, 2.45) is 0 Å². The number of carbonyl (C=O) groups excluding carboxylic acids is 1. The van der Waals surface area contributed by atoms with Crippen LogP contribution < -0.4 is 4.72 Å². The number of fused-ring (bicyclic) bond motifs is 1. The Labute approximate surface area is 164 Å². The average Bonchev–Trinajstić information content (AvgIpc) is 3.07. The van der Waals surface area contributed by atoms with Crippen LogP contribution in [0.4, 0.5) is 13.2 Å². The second kappa shape index (κ2) is 7.84. The van der Waals surface area contributed by atoms with Crippen LogP contribution in [0.3, 0.4) is 0 Å². The summed E-state index contributed by atoms with van der Waals surface area (Å²) < 4.78 is 64.8. The summed E-state index contributed by atoms with van der Waals surface area (Å²) in [4.78, 5) is 20.3. The number of hydrogen-bond donors (Lipinski definition) is 2. The predicted octanol–water partition coefficient (Wildman–Crippen LogP) is 2.52. The Bertz CT molecular complexity index is 1110. The van der Waals surface area contributed by atoms with Gasteiger partial charge in [-0.15, -0.1) is 0 Å². The molecule has 7 nitrogen and oxygen atoms in total. The van der Waals surface area contributed by atoms with E-state index in [-0.39, 0.29) is 6.54 Å². The number of H-pyrrole nitrogens is 1. The van der Waals surface area contributed by atoms with Crippen LogP contribution in [0.1, 0.15) is 11.4 Å². The summed E-state index contributed by atoms with van der Waals surface area (Å²) in [5.41, 5.74) is 0.441. The third-order valence-corrected chi connectivity index (χ3v) is 5.54. The summed E-state index contributed by atoms with van der Waals surface area (Å²) in [6, 6.07) is 10.6. The lowest BCUT2D eigenvalue weighted by molar-refractivity contribution is -0.137.